The molecule has 0 N–H and O–H groups in total. The lowest BCUT2D eigenvalue weighted by molar-refractivity contribution is 0.574. The van der Waals surface area contributed by atoms with Crippen LogP contribution >= 0.6 is 31.9 Å². The van der Waals surface area contributed by atoms with Crippen molar-refractivity contribution in [1.29, 1.82) is 0 Å². The van der Waals surface area contributed by atoms with Gasteiger partial charge in [0.05, 0.1) is 0 Å². The van der Waals surface area contributed by atoms with Gasteiger partial charge < -0.3 is 0 Å². The maximum Gasteiger partial charge on any atom is 0.0299 e. The normalized spacial score (nSPS) is 20.1. The highest BCUT2D eigenvalue weighted by atomic mass is 79.9. The van der Waals surface area contributed by atoms with Gasteiger partial charge in [-0.15, -0.1) is 0 Å². The van der Waals surface area contributed by atoms with E-state index in [4.69, 9.17) is 0 Å². The van der Waals surface area contributed by atoms with E-state index in [1.54, 1.807) is 0 Å². The van der Waals surface area contributed by atoms with E-state index in [0.717, 1.165) is 12.8 Å². The molecule has 0 saturated carbocycles. The number of hydrogen-bond donors (Lipinski definition) is 0. The Balaban J connectivity index is 3.69. The van der Waals surface area contributed by atoms with Crippen molar-refractivity contribution < 1.29 is 0 Å². The van der Waals surface area contributed by atoms with Crippen LogP contribution in [0.3, 0.4) is 0 Å². The Morgan fingerprint density at radius 3 is 2.00 bits per heavy atom. The van der Waals surface area contributed by atoms with Crippen LogP contribution in [0.15, 0.2) is 0 Å². The Morgan fingerprint density at radius 1 is 1.20 bits per heavy atom. The summed E-state index contributed by atoms with van der Waals surface area (Å²) in [5.41, 5.74) is 0. The first-order valence-electron chi connectivity index (χ1n) is 3.74. The van der Waals surface area contributed by atoms with Crippen molar-refractivity contribution in [2.24, 2.45) is 5.92 Å². The number of hydrogen-bond acceptors (Lipinski definition) is 0. The van der Waals surface area contributed by atoms with Gasteiger partial charge >= 0.3 is 0 Å². The first kappa shape index (κ1) is 11.0. The monoisotopic (exact) mass is 269 g/mol. The minimum Gasteiger partial charge on any atom is -0.0879 e. The molecule has 0 aliphatic carbocycles. The zero-order chi connectivity index (χ0) is 8.15. The van der Waals surface area contributed by atoms with E-state index >= 15 is 0 Å². The highest BCUT2D eigenvalue weighted by molar-refractivity contribution is 9.12. The number of halogens is 2. The van der Waals surface area contributed by atoms with Gasteiger partial charge in [-0.05, 0) is 19.3 Å². The molecule has 0 aromatic rings. The molecule has 0 bridgehead atoms. The molecule has 0 aliphatic heterocycles. The minimum atomic E-state index is 0.516. The first-order valence-corrected chi connectivity index (χ1v) is 5.57. The van der Waals surface area contributed by atoms with E-state index in [0.29, 0.717) is 15.6 Å². The molecule has 1 radical (unpaired) electrons. The Morgan fingerprint density at radius 2 is 1.70 bits per heavy atom. The van der Waals surface area contributed by atoms with Crippen molar-refractivity contribution in [3.63, 3.8) is 0 Å². The SMILES string of the molecule is [CH2]C(CC)C(Br)C(Br)CC. The first-order chi connectivity index (χ1) is 4.63. The molecule has 3 atom stereocenters. The summed E-state index contributed by atoms with van der Waals surface area (Å²) in [5.74, 6) is 0.518. The Hall–Kier alpha value is 0.960. The quantitative estimate of drug-likeness (QED) is 0.682. The zero-order valence-corrected chi connectivity index (χ0v) is 9.78. The van der Waals surface area contributed by atoms with Gasteiger partial charge in [0.2, 0.25) is 0 Å². The molecule has 0 heterocycles. The van der Waals surface area contributed by atoms with Gasteiger partial charge in [-0.1, -0.05) is 52.1 Å². The predicted octanol–water partition coefficient (Wildman–Crippen LogP) is 3.78. The molecule has 0 spiro atoms. The van der Waals surface area contributed by atoms with E-state index in [9.17, 15) is 0 Å². The van der Waals surface area contributed by atoms with Crippen LogP contribution in [-0.4, -0.2) is 9.65 Å². The largest absolute Gasteiger partial charge is 0.0879 e. The van der Waals surface area contributed by atoms with E-state index in [-0.39, 0.29) is 0 Å². The summed E-state index contributed by atoms with van der Waals surface area (Å²) in [4.78, 5) is 1.08. The van der Waals surface area contributed by atoms with Crippen LogP contribution in [0.2, 0.25) is 0 Å². The summed E-state index contributed by atoms with van der Waals surface area (Å²) < 4.78 is 0. The van der Waals surface area contributed by atoms with Crippen LogP contribution in [0.25, 0.3) is 0 Å². The van der Waals surface area contributed by atoms with Crippen molar-refractivity contribution >= 4 is 31.9 Å². The third kappa shape index (κ3) is 3.38. The average Bonchev–Trinajstić information content (AvgIpc) is 2.00. The van der Waals surface area contributed by atoms with Crippen LogP contribution in [0.5, 0.6) is 0 Å². The highest BCUT2D eigenvalue weighted by Crippen LogP contribution is 2.25. The van der Waals surface area contributed by atoms with Crippen LogP contribution in [0, 0.1) is 12.8 Å². The summed E-state index contributed by atoms with van der Waals surface area (Å²) in [6.07, 6.45) is 2.29. The third-order valence-electron chi connectivity index (χ3n) is 1.71. The molecule has 0 fully saturated rings. The second-order valence-corrected chi connectivity index (χ2v) is 4.77. The van der Waals surface area contributed by atoms with E-state index in [2.05, 4.69) is 52.6 Å². The fourth-order valence-corrected chi connectivity index (χ4v) is 1.92. The summed E-state index contributed by atoms with van der Waals surface area (Å²) in [7, 11) is 0. The summed E-state index contributed by atoms with van der Waals surface area (Å²) >= 11 is 7.22. The average molecular weight is 271 g/mol. The van der Waals surface area contributed by atoms with Crippen LogP contribution < -0.4 is 0 Å². The zero-order valence-electron chi connectivity index (χ0n) is 6.61. The molecular weight excluding hydrogens is 256 g/mol. The molecule has 3 unspecified atom stereocenters. The van der Waals surface area contributed by atoms with Gasteiger partial charge in [0.25, 0.3) is 0 Å². The topological polar surface area (TPSA) is 0 Å². The van der Waals surface area contributed by atoms with Gasteiger partial charge in [0.15, 0.2) is 0 Å². The smallest absolute Gasteiger partial charge is 0.0299 e. The second kappa shape index (κ2) is 5.59. The summed E-state index contributed by atoms with van der Waals surface area (Å²) in [6.45, 7) is 8.39. The Bertz CT molecular complexity index is 73.3. The van der Waals surface area contributed by atoms with Gasteiger partial charge in [-0.25, -0.2) is 0 Å². The van der Waals surface area contributed by atoms with Gasteiger partial charge in [-0.3, -0.25) is 0 Å². The Kier molecular flexibility index (Phi) is 6.13. The minimum absolute atomic E-state index is 0.516. The Labute approximate surface area is 81.0 Å². The molecule has 0 aliphatic rings. The van der Waals surface area contributed by atoms with Crippen LogP contribution in [0.1, 0.15) is 26.7 Å². The maximum absolute atomic E-state index is 4.05. The van der Waals surface area contributed by atoms with Crippen LogP contribution in [-0.2, 0) is 0 Å². The molecule has 0 rings (SSSR count). The molecule has 2 heteroatoms. The van der Waals surface area contributed by atoms with E-state index in [1.807, 2.05) is 0 Å². The molecule has 0 aromatic carbocycles. The third-order valence-corrected chi connectivity index (χ3v) is 5.02. The molecule has 0 aromatic heterocycles. The molecule has 0 nitrogen and oxygen atoms in total. The van der Waals surface area contributed by atoms with Crippen LogP contribution in [0.4, 0.5) is 0 Å². The van der Waals surface area contributed by atoms with Crippen molar-refractivity contribution in [2.45, 2.75) is 36.3 Å². The van der Waals surface area contributed by atoms with Gasteiger partial charge in [0, 0.05) is 9.65 Å². The van der Waals surface area contributed by atoms with Gasteiger partial charge in [0.1, 0.15) is 0 Å². The standard InChI is InChI=1S/C8H15Br2/c1-4-6(3)8(10)7(9)5-2/h6-8H,3-5H2,1-2H3. The second-order valence-electron chi connectivity index (χ2n) is 2.54. The lowest BCUT2D eigenvalue weighted by Gasteiger charge is -2.20. The summed E-state index contributed by atoms with van der Waals surface area (Å²) in [5, 5.41) is 0. The fraction of sp³-hybridized carbons (Fsp3) is 0.875. The van der Waals surface area contributed by atoms with Crippen molar-refractivity contribution in [1.82, 2.24) is 0 Å². The molecule has 10 heavy (non-hydrogen) atoms. The highest BCUT2D eigenvalue weighted by Gasteiger charge is 2.18. The van der Waals surface area contributed by atoms with Crippen molar-refractivity contribution in [2.75, 3.05) is 0 Å². The lowest BCUT2D eigenvalue weighted by Crippen LogP contribution is -2.20. The number of rotatable bonds is 4. The molecule has 0 amide bonds. The van der Waals surface area contributed by atoms with Crippen molar-refractivity contribution in [3.05, 3.63) is 6.92 Å². The van der Waals surface area contributed by atoms with E-state index in [1.165, 1.54) is 0 Å². The number of alkyl halides is 2. The molecule has 0 saturated heterocycles. The lowest BCUT2D eigenvalue weighted by atomic mass is 10.0. The predicted molar refractivity (Wildman–Crippen MR) is 54.9 cm³/mol. The molecule has 61 valence electrons. The maximum atomic E-state index is 4.05. The van der Waals surface area contributed by atoms with E-state index < -0.39 is 0 Å². The summed E-state index contributed by atoms with van der Waals surface area (Å²) in [6, 6.07) is 0. The van der Waals surface area contributed by atoms with Crippen molar-refractivity contribution in [3.8, 4) is 0 Å². The molecular formula is C8H15Br2. The fourth-order valence-electron chi connectivity index (χ4n) is 0.746. The van der Waals surface area contributed by atoms with Gasteiger partial charge in [-0.2, -0.15) is 0 Å².